The summed E-state index contributed by atoms with van der Waals surface area (Å²) in [5, 5.41) is 16.6. The average molecular weight is 356 g/mol. The number of thiophene rings is 1. The standard InChI is InChI=1S/C18H17FN4OS/c1-23(2)16(13-7-8-25-11-13)10-21-18-15(9-20)22-17(24-18)12-3-5-14(19)6-4-12/h3-8,11,16,21H,10H2,1-2H3. The van der Waals surface area contributed by atoms with Crippen LogP contribution in [0.25, 0.3) is 11.5 Å². The van der Waals surface area contributed by atoms with Gasteiger partial charge in [0.2, 0.25) is 17.5 Å². The fourth-order valence-corrected chi connectivity index (χ4v) is 3.19. The van der Waals surface area contributed by atoms with E-state index in [1.807, 2.05) is 25.5 Å². The van der Waals surface area contributed by atoms with E-state index >= 15 is 0 Å². The van der Waals surface area contributed by atoms with Gasteiger partial charge in [-0.1, -0.05) is 0 Å². The lowest BCUT2D eigenvalue weighted by Crippen LogP contribution is -2.26. The summed E-state index contributed by atoms with van der Waals surface area (Å²) in [7, 11) is 4.00. The lowest BCUT2D eigenvalue weighted by atomic mass is 10.1. The zero-order chi connectivity index (χ0) is 17.8. The molecule has 7 heteroatoms. The SMILES string of the molecule is CN(C)C(CNc1oc(-c2ccc(F)cc2)nc1C#N)c1ccsc1. The van der Waals surface area contributed by atoms with Crippen molar-refractivity contribution in [2.75, 3.05) is 26.0 Å². The highest BCUT2D eigenvalue weighted by molar-refractivity contribution is 7.07. The van der Waals surface area contributed by atoms with E-state index in [9.17, 15) is 9.65 Å². The van der Waals surface area contributed by atoms with Gasteiger partial charge in [-0.3, -0.25) is 0 Å². The van der Waals surface area contributed by atoms with Crippen molar-refractivity contribution in [1.82, 2.24) is 9.88 Å². The second-order valence-electron chi connectivity index (χ2n) is 5.73. The number of rotatable bonds is 6. The third kappa shape index (κ3) is 3.87. The van der Waals surface area contributed by atoms with Crippen LogP contribution in [0.3, 0.4) is 0 Å². The molecule has 0 saturated heterocycles. The van der Waals surface area contributed by atoms with Crippen molar-refractivity contribution in [1.29, 1.82) is 5.26 Å². The van der Waals surface area contributed by atoms with Crippen LogP contribution >= 0.6 is 11.3 Å². The van der Waals surface area contributed by atoms with Gasteiger partial charge in [-0.15, -0.1) is 0 Å². The molecule has 1 aromatic carbocycles. The van der Waals surface area contributed by atoms with Crippen LogP contribution in [0.15, 0.2) is 45.5 Å². The molecule has 5 nitrogen and oxygen atoms in total. The number of hydrogen-bond donors (Lipinski definition) is 1. The zero-order valence-corrected chi connectivity index (χ0v) is 14.7. The quantitative estimate of drug-likeness (QED) is 0.719. The maximum atomic E-state index is 13.1. The topological polar surface area (TPSA) is 65.1 Å². The van der Waals surface area contributed by atoms with E-state index in [0.29, 0.717) is 18.0 Å². The average Bonchev–Trinajstić information content (AvgIpc) is 3.25. The van der Waals surface area contributed by atoms with Crippen molar-refractivity contribution < 1.29 is 8.81 Å². The van der Waals surface area contributed by atoms with Crippen LogP contribution in [0, 0.1) is 17.1 Å². The Labute approximate surface area is 149 Å². The van der Waals surface area contributed by atoms with Crippen LogP contribution < -0.4 is 5.32 Å². The number of benzene rings is 1. The lowest BCUT2D eigenvalue weighted by Gasteiger charge is -2.23. The normalized spacial score (nSPS) is 12.1. The van der Waals surface area contributed by atoms with Gasteiger partial charge in [-0.25, -0.2) is 4.39 Å². The first-order valence-corrected chi connectivity index (χ1v) is 8.62. The molecule has 0 aliphatic rings. The van der Waals surface area contributed by atoms with E-state index in [4.69, 9.17) is 4.42 Å². The third-order valence-electron chi connectivity index (χ3n) is 3.83. The number of oxazole rings is 1. The van der Waals surface area contributed by atoms with Gasteiger partial charge in [-0.2, -0.15) is 21.6 Å². The number of hydrogen-bond acceptors (Lipinski definition) is 6. The van der Waals surface area contributed by atoms with Crippen LogP contribution in [0.5, 0.6) is 0 Å². The number of nitriles is 1. The number of nitrogens with one attached hydrogen (secondary N) is 1. The summed E-state index contributed by atoms with van der Waals surface area (Å²) in [4.78, 5) is 6.29. The van der Waals surface area contributed by atoms with Crippen molar-refractivity contribution in [2.24, 2.45) is 0 Å². The first-order chi connectivity index (χ1) is 12.1. The van der Waals surface area contributed by atoms with Crippen LogP contribution in [0.1, 0.15) is 17.3 Å². The largest absolute Gasteiger partial charge is 0.419 e. The summed E-state index contributed by atoms with van der Waals surface area (Å²) in [6.07, 6.45) is 0. The summed E-state index contributed by atoms with van der Waals surface area (Å²) in [5.41, 5.74) is 1.99. The molecule has 0 amide bonds. The lowest BCUT2D eigenvalue weighted by molar-refractivity contribution is 0.311. The Balaban J connectivity index is 1.80. The van der Waals surface area contributed by atoms with Crippen molar-refractivity contribution in [3.05, 3.63) is 58.2 Å². The summed E-state index contributed by atoms with van der Waals surface area (Å²) in [5.74, 6) is 0.277. The predicted octanol–water partition coefficient (Wildman–Crippen LogP) is 4.13. The van der Waals surface area contributed by atoms with E-state index in [1.54, 1.807) is 23.5 Å². The molecule has 0 spiro atoms. The number of halogens is 1. The van der Waals surface area contributed by atoms with Gasteiger partial charge in [0.05, 0.1) is 6.04 Å². The maximum absolute atomic E-state index is 13.1. The van der Waals surface area contributed by atoms with Gasteiger partial charge in [0.15, 0.2) is 0 Å². The molecule has 1 atom stereocenters. The van der Waals surface area contributed by atoms with Gasteiger partial charge < -0.3 is 14.6 Å². The van der Waals surface area contributed by atoms with Crippen molar-refractivity contribution in [2.45, 2.75) is 6.04 Å². The van der Waals surface area contributed by atoms with E-state index in [-0.39, 0.29) is 23.4 Å². The van der Waals surface area contributed by atoms with Crippen molar-refractivity contribution in [3.63, 3.8) is 0 Å². The fraction of sp³-hybridized carbons (Fsp3) is 0.222. The highest BCUT2D eigenvalue weighted by Crippen LogP contribution is 2.27. The molecular weight excluding hydrogens is 339 g/mol. The van der Waals surface area contributed by atoms with E-state index in [2.05, 4.69) is 26.6 Å². The van der Waals surface area contributed by atoms with Crippen LogP contribution in [0.4, 0.5) is 10.3 Å². The summed E-state index contributed by atoms with van der Waals surface area (Å²) >= 11 is 1.64. The second-order valence-corrected chi connectivity index (χ2v) is 6.51. The first kappa shape index (κ1) is 17.1. The molecule has 25 heavy (non-hydrogen) atoms. The Morgan fingerprint density at radius 2 is 2.08 bits per heavy atom. The van der Waals surface area contributed by atoms with Crippen LogP contribution in [-0.4, -0.2) is 30.5 Å². The Morgan fingerprint density at radius 3 is 2.68 bits per heavy atom. The van der Waals surface area contributed by atoms with Crippen molar-refractivity contribution >= 4 is 17.2 Å². The molecule has 3 rings (SSSR count). The molecule has 1 N–H and O–H groups in total. The van der Waals surface area contributed by atoms with Gasteiger partial charge in [-0.05, 0) is 60.8 Å². The van der Waals surface area contributed by atoms with Gasteiger partial charge >= 0.3 is 0 Å². The van der Waals surface area contributed by atoms with E-state index in [1.165, 1.54) is 17.7 Å². The summed E-state index contributed by atoms with van der Waals surface area (Å²) < 4.78 is 18.7. The van der Waals surface area contributed by atoms with E-state index < -0.39 is 0 Å². The minimum absolute atomic E-state index is 0.136. The highest BCUT2D eigenvalue weighted by atomic mass is 32.1. The summed E-state index contributed by atoms with van der Waals surface area (Å²) in [6, 6.07) is 10.0. The monoisotopic (exact) mass is 356 g/mol. The molecular formula is C18H17FN4OS. The molecule has 0 fully saturated rings. The minimum atomic E-state index is -0.334. The molecule has 2 aromatic heterocycles. The molecule has 0 saturated carbocycles. The second kappa shape index (κ2) is 7.47. The van der Waals surface area contributed by atoms with Crippen molar-refractivity contribution in [3.8, 4) is 17.5 Å². The Kier molecular flexibility index (Phi) is 5.12. The number of nitrogens with zero attached hydrogens (tertiary/aromatic N) is 3. The van der Waals surface area contributed by atoms with Crippen LogP contribution in [0.2, 0.25) is 0 Å². The number of aromatic nitrogens is 1. The van der Waals surface area contributed by atoms with Gasteiger partial charge in [0.25, 0.3) is 0 Å². The number of likely N-dealkylation sites (N-methyl/N-ethyl adjacent to an activating group) is 1. The highest BCUT2D eigenvalue weighted by Gasteiger charge is 2.18. The van der Waals surface area contributed by atoms with Gasteiger partial charge in [0.1, 0.15) is 11.9 Å². The molecule has 0 radical (unpaired) electrons. The third-order valence-corrected chi connectivity index (χ3v) is 4.53. The Hall–Kier alpha value is -2.69. The molecule has 128 valence electrons. The van der Waals surface area contributed by atoms with Gasteiger partial charge in [0, 0.05) is 12.1 Å². The summed E-state index contributed by atoms with van der Waals surface area (Å²) in [6.45, 7) is 0.566. The fourth-order valence-electron chi connectivity index (χ4n) is 2.48. The molecule has 0 aliphatic heterocycles. The maximum Gasteiger partial charge on any atom is 0.232 e. The zero-order valence-electron chi connectivity index (χ0n) is 13.9. The minimum Gasteiger partial charge on any atom is -0.419 e. The Bertz CT molecular complexity index is 866. The smallest absolute Gasteiger partial charge is 0.232 e. The van der Waals surface area contributed by atoms with E-state index in [0.717, 1.165) is 0 Å². The first-order valence-electron chi connectivity index (χ1n) is 7.67. The number of anilines is 1. The predicted molar refractivity (Wildman–Crippen MR) is 95.8 cm³/mol. The Morgan fingerprint density at radius 1 is 1.32 bits per heavy atom. The molecule has 1 unspecified atom stereocenters. The molecule has 0 bridgehead atoms. The molecule has 2 heterocycles. The molecule has 0 aliphatic carbocycles. The van der Waals surface area contributed by atoms with Crippen LogP contribution in [-0.2, 0) is 0 Å². The molecule has 3 aromatic rings.